The number of rotatable bonds is 3. The highest BCUT2D eigenvalue weighted by atomic mass is 16.1. The summed E-state index contributed by atoms with van der Waals surface area (Å²) in [5.41, 5.74) is -0.162. The van der Waals surface area contributed by atoms with Crippen LogP contribution in [0.25, 0.3) is 0 Å². The van der Waals surface area contributed by atoms with Gasteiger partial charge < -0.3 is 5.32 Å². The van der Waals surface area contributed by atoms with Crippen molar-refractivity contribution in [2.45, 2.75) is 76.9 Å². The molecule has 4 heteroatoms. The molecule has 2 unspecified atom stereocenters. The summed E-state index contributed by atoms with van der Waals surface area (Å²) in [6.45, 7) is 6.79. The largest absolute Gasteiger partial charge is 0.351 e. The predicted molar refractivity (Wildman–Crippen MR) is 74.9 cm³/mol. The van der Waals surface area contributed by atoms with Crippen molar-refractivity contribution in [1.29, 1.82) is 0 Å². The van der Waals surface area contributed by atoms with Gasteiger partial charge in [0, 0.05) is 43.4 Å². The van der Waals surface area contributed by atoms with Gasteiger partial charge in [-0.1, -0.05) is 6.42 Å². The van der Waals surface area contributed by atoms with E-state index in [4.69, 9.17) is 0 Å². The Bertz CT molecular complexity index is 344. The Labute approximate surface area is 115 Å². The number of fused-ring (bicyclic) bond motifs is 2. The number of Topliss-reactive ketones (excluding diaryl/α,β-unsaturated/α-hetero) is 1. The van der Waals surface area contributed by atoms with Gasteiger partial charge in [0.05, 0.1) is 0 Å². The van der Waals surface area contributed by atoms with Crippen LogP contribution < -0.4 is 5.32 Å². The average molecular weight is 266 g/mol. The van der Waals surface area contributed by atoms with Crippen LogP contribution in [0.15, 0.2) is 0 Å². The quantitative estimate of drug-likeness (QED) is 0.848. The summed E-state index contributed by atoms with van der Waals surface area (Å²) < 4.78 is 0. The van der Waals surface area contributed by atoms with E-state index in [0.717, 1.165) is 19.4 Å². The van der Waals surface area contributed by atoms with E-state index < -0.39 is 0 Å². The number of nitrogens with zero attached hydrogens (tertiary/aromatic N) is 1. The van der Waals surface area contributed by atoms with Gasteiger partial charge in [-0.3, -0.25) is 14.5 Å². The van der Waals surface area contributed by atoms with Crippen molar-refractivity contribution in [2.24, 2.45) is 0 Å². The summed E-state index contributed by atoms with van der Waals surface area (Å²) in [6.07, 6.45) is 5.38. The molecule has 2 bridgehead atoms. The van der Waals surface area contributed by atoms with Crippen LogP contribution in [0, 0.1) is 0 Å². The Hall–Kier alpha value is -0.900. The number of amides is 1. The SMILES string of the molecule is CC(C)(C)NC(=O)CCN1C2CCCC1CC(=O)C2. The van der Waals surface area contributed by atoms with Crippen LogP contribution in [0.1, 0.15) is 59.3 Å². The Balaban J connectivity index is 1.85. The maximum absolute atomic E-state index is 11.9. The molecule has 1 N–H and O–H groups in total. The third-order valence-corrected chi connectivity index (χ3v) is 4.05. The van der Waals surface area contributed by atoms with Crippen LogP contribution in [0.4, 0.5) is 0 Å². The zero-order valence-corrected chi connectivity index (χ0v) is 12.4. The fourth-order valence-electron chi connectivity index (χ4n) is 3.34. The number of ketones is 1. The molecular formula is C15H26N2O2. The van der Waals surface area contributed by atoms with Crippen molar-refractivity contribution in [2.75, 3.05) is 6.54 Å². The minimum Gasteiger partial charge on any atom is -0.351 e. The standard InChI is InChI=1S/C15H26N2O2/c1-15(2,3)16-14(19)7-8-17-11-5-4-6-12(17)10-13(18)9-11/h11-12H,4-10H2,1-3H3,(H,16,19). The van der Waals surface area contributed by atoms with E-state index in [-0.39, 0.29) is 11.4 Å². The molecule has 1 amide bonds. The lowest BCUT2D eigenvalue weighted by Crippen LogP contribution is -2.53. The molecule has 2 rings (SSSR count). The molecule has 2 aliphatic rings. The molecule has 0 radical (unpaired) electrons. The van der Waals surface area contributed by atoms with Gasteiger partial charge in [0.1, 0.15) is 5.78 Å². The number of piperidine rings is 2. The van der Waals surface area contributed by atoms with Crippen LogP contribution in [0.3, 0.4) is 0 Å². The van der Waals surface area contributed by atoms with Crippen molar-refractivity contribution in [3.63, 3.8) is 0 Å². The van der Waals surface area contributed by atoms with E-state index in [2.05, 4.69) is 10.2 Å². The highest BCUT2D eigenvalue weighted by Gasteiger charge is 2.37. The number of hydrogen-bond donors (Lipinski definition) is 1. The van der Waals surface area contributed by atoms with Crippen LogP contribution in [0.5, 0.6) is 0 Å². The Morgan fingerprint density at radius 3 is 2.37 bits per heavy atom. The van der Waals surface area contributed by atoms with E-state index in [1.165, 1.54) is 6.42 Å². The van der Waals surface area contributed by atoms with Gasteiger partial charge in [0.2, 0.25) is 5.91 Å². The minimum absolute atomic E-state index is 0.113. The van der Waals surface area contributed by atoms with Gasteiger partial charge in [-0.2, -0.15) is 0 Å². The lowest BCUT2D eigenvalue weighted by molar-refractivity contribution is -0.128. The van der Waals surface area contributed by atoms with Crippen LogP contribution in [0.2, 0.25) is 0 Å². The highest BCUT2D eigenvalue weighted by Crippen LogP contribution is 2.32. The topological polar surface area (TPSA) is 49.4 Å². The first-order valence-electron chi connectivity index (χ1n) is 7.43. The Kier molecular flexibility index (Phi) is 4.29. The van der Waals surface area contributed by atoms with E-state index in [9.17, 15) is 9.59 Å². The number of nitrogens with one attached hydrogen (secondary N) is 1. The zero-order valence-electron chi connectivity index (χ0n) is 12.4. The number of carbonyl (C=O) groups is 2. The molecule has 4 nitrogen and oxygen atoms in total. The van der Waals surface area contributed by atoms with Crippen LogP contribution in [-0.2, 0) is 9.59 Å². The molecule has 0 saturated carbocycles. The number of carbonyl (C=O) groups excluding carboxylic acids is 2. The van der Waals surface area contributed by atoms with Gasteiger partial charge in [-0.25, -0.2) is 0 Å². The molecule has 108 valence electrons. The summed E-state index contributed by atoms with van der Waals surface area (Å²) in [4.78, 5) is 25.9. The van der Waals surface area contributed by atoms with Crippen LogP contribution in [-0.4, -0.2) is 40.8 Å². The Morgan fingerprint density at radius 2 is 1.84 bits per heavy atom. The normalized spacial score (nSPS) is 28.3. The fraction of sp³-hybridized carbons (Fsp3) is 0.867. The molecule has 0 aromatic heterocycles. The zero-order chi connectivity index (χ0) is 14.0. The molecule has 2 fully saturated rings. The van der Waals surface area contributed by atoms with Crippen molar-refractivity contribution < 1.29 is 9.59 Å². The molecule has 0 spiro atoms. The van der Waals surface area contributed by atoms with E-state index >= 15 is 0 Å². The maximum Gasteiger partial charge on any atom is 0.221 e. The summed E-state index contributed by atoms with van der Waals surface area (Å²) in [5.74, 6) is 0.521. The molecule has 2 saturated heterocycles. The maximum atomic E-state index is 11.9. The molecule has 0 aromatic carbocycles. The molecule has 0 aromatic rings. The molecule has 0 aliphatic carbocycles. The first kappa shape index (κ1) is 14.5. The molecule has 2 atom stereocenters. The van der Waals surface area contributed by atoms with Gasteiger partial charge in [0.15, 0.2) is 0 Å². The predicted octanol–water partition coefficient (Wildman–Crippen LogP) is 1.88. The van der Waals surface area contributed by atoms with Crippen LogP contribution >= 0.6 is 0 Å². The lowest BCUT2D eigenvalue weighted by atomic mass is 9.83. The van der Waals surface area contributed by atoms with Crippen molar-refractivity contribution >= 4 is 11.7 Å². The fourth-order valence-corrected chi connectivity index (χ4v) is 3.34. The van der Waals surface area contributed by atoms with E-state index in [1.807, 2.05) is 20.8 Å². The van der Waals surface area contributed by atoms with Gasteiger partial charge in [-0.15, -0.1) is 0 Å². The summed E-state index contributed by atoms with van der Waals surface area (Å²) in [5, 5.41) is 3.00. The van der Waals surface area contributed by atoms with Gasteiger partial charge in [-0.05, 0) is 33.6 Å². The van der Waals surface area contributed by atoms with E-state index in [0.29, 0.717) is 37.1 Å². The van der Waals surface area contributed by atoms with Gasteiger partial charge in [0.25, 0.3) is 0 Å². The Morgan fingerprint density at radius 1 is 1.26 bits per heavy atom. The highest BCUT2D eigenvalue weighted by molar-refractivity contribution is 5.81. The third kappa shape index (κ3) is 4.03. The third-order valence-electron chi connectivity index (χ3n) is 4.05. The molecular weight excluding hydrogens is 240 g/mol. The minimum atomic E-state index is -0.162. The first-order chi connectivity index (χ1) is 8.85. The first-order valence-corrected chi connectivity index (χ1v) is 7.43. The van der Waals surface area contributed by atoms with Crippen molar-refractivity contribution in [3.8, 4) is 0 Å². The summed E-state index contributed by atoms with van der Waals surface area (Å²) >= 11 is 0. The van der Waals surface area contributed by atoms with E-state index in [1.54, 1.807) is 0 Å². The molecule has 2 aliphatic heterocycles. The summed E-state index contributed by atoms with van der Waals surface area (Å²) in [6, 6.07) is 0.782. The average Bonchev–Trinajstić information content (AvgIpc) is 2.23. The lowest BCUT2D eigenvalue weighted by Gasteiger charge is -2.45. The smallest absolute Gasteiger partial charge is 0.221 e. The van der Waals surface area contributed by atoms with Crippen molar-refractivity contribution in [1.82, 2.24) is 10.2 Å². The second-order valence-electron chi connectivity index (χ2n) is 6.97. The number of hydrogen-bond acceptors (Lipinski definition) is 3. The monoisotopic (exact) mass is 266 g/mol. The van der Waals surface area contributed by atoms with Gasteiger partial charge >= 0.3 is 0 Å². The second kappa shape index (κ2) is 5.61. The second-order valence-corrected chi connectivity index (χ2v) is 6.97. The summed E-state index contributed by atoms with van der Waals surface area (Å²) in [7, 11) is 0. The molecule has 2 heterocycles. The van der Waals surface area contributed by atoms with Crippen molar-refractivity contribution in [3.05, 3.63) is 0 Å². The molecule has 19 heavy (non-hydrogen) atoms.